The van der Waals surface area contributed by atoms with Gasteiger partial charge in [0.1, 0.15) is 11.0 Å². The molecule has 0 radical (unpaired) electrons. The Morgan fingerprint density at radius 1 is 1.27 bits per heavy atom. The van der Waals surface area contributed by atoms with E-state index in [0.29, 0.717) is 10.7 Å². The highest BCUT2D eigenvalue weighted by Crippen LogP contribution is 2.25. The van der Waals surface area contributed by atoms with Crippen molar-refractivity contribution in [3.05, 3.63) is 51.1 Å². The van der Waals surface area contributed by atoms with Crippen LogP contribution in [-0.4, -0.2) is 4.98 Å². The Balaban J connectivity index is 2.55. The van der Waals surface area contributed by atoms with E-state index in [1.54, 1.807) is 24.4 Å². The van der Waals surface area contributed by atoms with Gasteiger partial charge in [-0.2, -0.15) is 0 Å². The number of nitrogens with zero attached hydrogens (tertiary/aromatic N) is 1. The Kier molecular flexibility index (Phi) is 3.21. The lowest BCUT2D eigenvalue weighted by atomic mass is 10.1. The van der Waals surface area contributed by atoms with Crippen molar-refractivity contribution < 1.29 is 4.39 Å². The van der Waals surface area contributed by atoms with Gasteiger partial charge in [0.2, 0.25) is 0 Å². The summed E-state index contributed by atoms with van der Waals surface area (Å²) in [5.74, 6) is -0.252. The van der Waals surface area contributed by atoms with E-state index < -0.39 is 0 Å². The summed E-state index contributed by atoms with van der Waals surface area (Å²) in [5, 5.41) is 0.440. The standard InChI is InChI=1S/C11H6ClFIN/c12-11-10(14)5-7(6-15-11)8-3-1-2-4-9(8)13/h1-6H. The maximum absolute atomic E-state index is 13.4. The molecule has 4 heteroatoms. The number of rotatable bonds is 1. The fourth-order valence-electron chi connectivity index (χ4n) is 1.26. The van der Waals surface area contributed by atoms with E-state index in [9.17, 15) is 4.39 Å². The van der Waals surface area contributed by atoms with Crippen molar-refractivity contribution >= 4 is 34.2 Å². The van der Waals surface area contributed by atoms with Gasteiger partial charge in [-0.15, -0.1) is 0 Å². The van der Waals surface area contributed by atoms with Crippen LogP contribution in [0, 0.1) is 9.39 Å². The lowest BCUT2D eigenvalue weighted by molar-refractivity contribution is 0.631. The third-order valence-electron chi connectivity index (χ3n) is 1.98. The molecule has 0 spiro atoms. The first-order valence-corrected chi connectivity index (χ1v) is 5.70. The van der Waals surface area contributed by atoms with Gasteiger partial charge in [0.15, 0.2) is 0 Å². The van der Waals surface area contributed by atoms with Gasteiger partial charge < -0.3 is 0 Å². The highest BCUT2D eigenvalue weighted by Gasteiger charge is 2.06. The van der Waals surface area contributed by atoms with E-state index in [-0.39, 0.29) is 5.82 Å². The average molecular weight is 334 g/mol. The molecule has 0 saturated carbocycles. The van der Waals surface area contributed by atoms with Crippen molar-refractivity contribution in [3.63, 3.8) is 0 Å². The highest BCUT2D eigenvalue weighted by atomic mass is 127. The summed E-state index contributed by atoms with van der Waals surface area (Å²) in [6.45, 7) is 0. The quantitative estimate of drug-likeness (QED) is 0.564. The third kappa shape index (κ3) is 2.29. The molecule has 0 bridgehead atoms. The Morgan fingerprint density at radius 3 is 2.67 bits per heavy atom. The molecular formula is C11H6ClFIN. The van der Waals surface area contributed by atoms with Crippen LogP contribution in [0.5, 0.6) is 0 Å². The molecule has 0 atom stereocenters. The van der Waals surface area contributed by atoms with Crippen LogP contribution >= 0.6 is 34.2 Å². The molecular weight excluding hydrogens is 327 g/mol. The van der Waals surface area contributed by atoms with Crippen LogP contribution in [0.1, 0.15) is 0 Å². The van der Waals surface area contributed by atoms with Gasteiger partial charge in [-0.3, -0.25) is 0 Å². The second-order valence-electron chi connectivity index (χ2n) is 2.98. The Morgan fingerprint density at radius 2 is 2.00 bits per heavy atom. The van der Waals surface area contributed by atoms with Gasteiger partial charge >= 0.3 is 0 Å². The number of pyridine rings is 1. The second-order valence-corrected chi connectivity index (χ2v) is 4.50. The van der Waals surface area contributed by atoms with Gasteiger partial charge in [0.05, 0.1) is 3.57 Å². The number of aromatic nitrogens is 1. The van der Waals surface area contributed by atoms with Crippen molar-refractivity contribution in [1.29, 1.82) is 0 Å². The topological polar surface area (TPSA) is 12.9 Å². The smallest absolute Gasteiger partial charge is 0.142 e. The van der Waals surface area contributed by atoms with Crippen LogP contribution in [-0.2, 0) is 0 Å². The van der Waals surface area contributed by atoms with Crippen molar-refractivity contribution in [2.24, 2.45) is 0 Å². The van der Waals surface area contributed by atoms with Crippen LogP contribution in [0.25, 0.3) is 11.1 Å². The molecule has 1 aromatic heterocycles. The average Bonchev–Trinajstić information content (AvgIpc) is 2.23. The lowest BCUT2D eigenvalue weighted by Gasteiger charge is -2.03. The molecule has 0 saturated heterocycles. The van der Waals surface area contributed by atoms with E-state index in [4.69, 9.17) is 11.6 Å². The third-order valence-corrected chi connectivity index (χ3v) is 3.42. The molecule has 0 aliphatic rings. The summed E-state index contributed by atoms with van der Waals surface area (Å²) in [4.78, 5) is 3.99. The monoisotopic (exact) mass is 333 g/mol. The van der Waals surface area contributed by atoms with E-state index in [0.717, 1.165) is 9.13 Å². The van der Waals surface area contributed by atoms with Gasteiger partial charge in [0, 0.05) is 17.3 Å². The highest BCUT2D eigenvalue weighted by molar-refractivity contribution is 14.1. The molecule has 15 heavy (non-hydrogen) atoms. The van der Waals surface area contributed by atoms with Crippen molar-refractivity contribution in [2.75, 3.05) is 0 Å². The summed E-state index contributed by atoms with van der Waals surface area (Å²) in [7, 11) is 0. The molecule has 2 rings (SSSR count). The first-order valence-electron chi connectivity index (χ1n) is 4.24. The number of hydrogen-bond acceptors (Lipinski definition) is 1. The Hall–Kier alpha value is -0.680. The fraction of sp³-hybridized carbons (Fsp3) is 0. The molecule has 1 nitrogen and oxygen atoms in total. The van der Waals surface area contributed by atoms with E-state index >= 15 is 0 Å². The second kappa shape index (κ2) is 4.45. The van der Waals surface area contributed by atoms with Crippen LogP contribution in [0.3, 0.4) is 0 Å². The molecule has 0 N–H and O–H groups in total. The summed E-state index contributed by atoms with van der Waals surface area (Å²) in [6, 6.07) is 8.41. The normalized spacial score (nSPS) is 10.3. The van der Waals surface area contributed by atoms with E-state index in [2.05, 4.69) is 27.6 Å². The Labute approximate surface area is 105 Å². The molecule has 76 valence electrons. The van der Waals surface area contributed by atoms with Crippen molar-refractivity contribution in [1.82, 2.24) is 4.98 Å². The summed E-state index contributed by atoms with van der Waals surface area (Å²) in [5.41, 5.74) is 1.28. The number of halogens is 3. The van der Waals surface area contributed by atoms with Gasteiger partial charge in [-0.1, -0.05) is 29.8 Å². The molecule has 1 heterocycles. The zero-order chi connectivity index (χ0) is 10.8. The van der Waals surface area contributed by atoms with Gasteiger partial charge in [-0.25, -0.2) is 9.37 Å². The number of benzene rings is 1. The molecule has 0 unspecified atom stereocenters. The van der Waals surface area contributed by atoms with E-state index in [1.165, 1.54) is 6.07 Å². The Bertz CT molecular complexity index is 502. The molecule has 2 aromatic rings. The predicted octanol–water partition coefficient (Wildman–Crippen LogP) is 4.15. The van der Waals surface area contributed by atoms with E-state index in [1.807, 2.05) is 6.07 Å². The molecule has 0 amide bonds. The van der Waals surface area contributed by atoms with Crippen LogP contribution in [0.2, 0.25) is 5.15 Å². The fourth-order valence-corrected chi connectivity index (χ4v) is 1.84. The molecule has 1 aromatic carbocycles. The van der Waals surface area contributed by atoms with Crippen molar-refractivity contribution in [2.45, 2.75) is 0 Å². The molecule has 0 aliphatic heterocycles. The maximum Gasteiger partial charge on any atom is 0.142 e. The summed E-state index contributed by atoms with van der Waals surface area (Å²) >= 11 is 7.87. The lowest BCUT2D eigenvalue weighted by Crippen LogP contribution is -1.87. The van der Waals surface area contributed by atoms with Gasteiger partial charge in [0.25, 0.3) is 0 Å². The number of hydrogen-bond donors (Lipinski definition) is 0. The first kappa shape index (κ1) is 10.8. The molecule has 0 fully saturated rings. The SMILES string of the molecule is Fc1ccccc1-c1cnc(Cl)c(I)c1. The predicted molar refractivity (Wildman–Crippen MR) is 67.4 cm³/mol. The van der Waals surface area contributed by atoms with Crippen molar-refractivity contribution in [3.8, 4) is 11.1 Å². The molecule has 0 aliphatic carbocycles. The van der Waals surface area contributed by atoms with Crippen LogP contribution < -0.4 is 0 Å². The minimum atomic E-state index is -0.252. The maximum atomic E-state index is 13.4. The summed E-state index contributed by atoms with van der Waals surface area (Å²) < 4.78 is 14.3. The summed E-state index contributed by atoms with van der Waals surface area (Å²) in [6.07, 6.45) is 1.57. The van der Waals surface area contributed by atoms with Gasteiger partial charge in [-0.05, 0) is 34.7 Å². The zero-order valence-electron chi connectivity index (χ0n) is 7.55. The first-order chi connectivity index (χ1) is 7.18. The zero-order valence-corrected chi connectivity index (χ0v) is 10.5. The minimum Gasteiger partial charge on any atom is -0.243 e. The largest absolute Gasteiger partial charge is 0.243 e. The minimum absolute atomic E-state index is 0.252. The van der Waals surface area contributed by atoms with Crippen LogP contribution in [0.4, 0.5) is 4.39 Å². The van der Waals surface area contributed by atoms with Crippen LogP contribution in [0.15, 0.2) is 36.5 Å².